The first kappa shape index (κ1) is 13.4. The van der Waals surface area contributed by atoms with Crippen LogP contribution in [-0.2, 0) is 5.75 Å². The molecule has 1 rings (SSSR count). The molecule has 0 amide bonds. The average molecular weight is 238 g/mol. The van der Waals surface area contributed by atoms with Crippen molar-refractivity contribution in [2.75, 3.05) is 6.61 Å². The molecule has 0 heterocycles. The van der Waals surface area contributed by atoms with Gasteiger partial charge < -0.3 is 4.74 Å². The Morgan fingerprint density at radius 2 is 1.69 bits per heavy atom. The molecular formula is C14H22OS. The number of thiol groups is 1. The van der Waals surface area contributed by atoms with Gasteiger partial charge >= 0.3 is 0 Å². The highest BCUT2D eigenvalue weighted by Gasteiger charge is 1.94. The third-order valence-electron chi connectivity index (χ3n) is 2.62. The molecule has 0 N–H and O–H groups in total. The number of rotatable bonds is 8. The molecule has 0 fully saturated rings. The summed E-state index contributed by atoms with van der Waals surface area (Å²) in [6.07, 6.45) is 6.41. The summed E-state index contributed by atoms with van der Waals surface area (Å²) in [6, 6.07) is 8.19. The van der Waals surface area contributed by atoms with Gasteiger partial charge in [-0.1, -0.05) is 44.7 Å². The summed E-state index contributed by atoms with van der Waals surface area (Å²) in [5, 5.41) is 0. The minimum Gasteiger partial charge on any atom is -0.494 e. The molecular weight excluding hydrogens is 216 g/mol. The Hall–Kier alpha value is -0.630. The lowest BCUT2D eigenvalue weighted by Gasteiger charge is -2.06. The standard InChI is InChI=1S/C14H22OS/c1-2-3-4-5-6-11-15-14-9-7-13(12-16)8-10-14/h7-10,16H,2-6,11-12H2,1H3. The van der Waals surface area contributed by atoms with Crippen LogP contribution in [0.5, 0.6) is 5.75 Å². The van der Waals surface area contributed by atoms with Crippen LogP contribution in [0.4, 0.5) is 0 Å². The number of unbranched alkanes of at least 4 members (excludes halogenated alkanes) is 4. The van der Waals surface area contributed by atoms with Crippen LogP contribution < -0.4 is 4.74 Å². The summed E-state index contributed by atoms with van der Waals surface area (Å²) in [4.78, 5) is 0. The molecule has 16 heavy (non-hydrogen) atoms. The van der Waals surface area contributed by atoms with E-state index < -0.39 is 0 Å². The van der Waals surface area contributed by atoms with Crippen LogP contribution in [-0.4, -0.2) is 6.61 Å². The van der Waals surface area contributed by atoms with Gasteiger partial charge in [0.25, 0.3) is 0 Å². The van der Waals surface area contributed by atoms with E-state index in [1.807, 2.05) is 12.1 Å². The molecule has 0 spiro atoms. The minimum absolute atomic E-state index is 0.789. The van der Waals surface area contributed by atoms with Crippen LogP contribution in [0.25, 0.3) is 0 Å². The van der Waals surface area contributed by atoms with Crippen molar-refractivity contribution in [3.63, 3.8) is 0 Å². The van der Waals surface area contributed by atoms with Crippen molar-refractivity contribution < 1.29 is 4.74 Å². The fraction of sp³-hybridized carbons (Fsp3) is 0.571. The van der Waals surface area contributed by atoms with Crippen LogP contribution in [0.3, 0.4) is 0 Å². The second-order valence-electron chi connectivity index (χ2n) is 4.06. The molecule has 0 aliphatic rings. The van der Waals surface area contributed by atoms with Crippen LogP contribution in [0.15, 0.2) is 24.3 Å². The summed E-state index contributed by atoms with van der Waals surface area (Å²) in [7, 11) is 0. The van der Waals surface area contributed by atoms with E-state index in [1.165, 1.54) is 31.2 Å². The van der Waals surface area contributed by atoms with Crippen LogP contribution in [0.2, 0.25) is 0 Å². The molecule has 1 aromatic carbocycles. The Balaban J connectivity index is 2.12. The van der Waals surface area contributed by atoms with Crippen LogP contribution >= 0.6 is 12.6 Å². The van der Waals surface area contributed by atoms with Crippen molar-refractivity contribution in [1.29, 1.82) is 0 Å². The molecule has 2 heteroatoms. The van der Waals surface area contributed by atoms with Gasteiger partial charge in [-0.3, -0.25) is 0 Å². The largest absolute Gasteiger partial charge is 0.494 e. The predicted molar refractivity (Wildman–Crippen MR) is 73.4 cm³/mol. The maximum absolute atomic E-state index is 5.66. The van der Waals surface area contributed by atoms with E-state index in [9.17, 15) is 0 Å². The van der Waals surface area contributed by atoms with Crippen molar-refractivity contribution in [1.82, 2.24) is 0 Å². The number of ether oxygens (including phenoxy) is 1. The molecule has 0 aromatic heterocycles. The molecule has 0 atom stereocenters. The Bertz CT molecular complexity index is 269. The van der Waals surface area contributed by atoms with Gasteiger partial charge in [-0.05, 0) is 24.1 Å². The maximum atomic E-state index is 5.66. The maximum Gasteiger partial charge on any atom is 0.119 e. The van der Waals surface area contributed by atoms with Gasteiger partial charge in [0.15, 0.2) is 0 Å². The van der Waals surface area contributed by atoms with Crippen molar-refractivity contribution in [3.05, 3.63) is 29.8 Å². The van der Waals surface area contributed by atoms with Crippen molar-refractivity contribution in [2.24, 2.45) is 0 Å². The number of hydrogen-bond acceptors (Lipinski definition) is 2. The van der Waals surface area contributed by atoms with E-state index >= 15 is 0 Å². The van der Waals surface area contributed by atoms with E-state index in [4.69, 9.17) is 4.74 Å². The summed E-state index contributed by atoms with van der Waals surface area (Å²) < 4.78 is 5.66. The minimum atomic E-state index is 0.789. The Morgan fingerprint density at radius 3 is 2.31 bits per heavy atom. The fourth-order valence-electron chi connectivity index (χ4n) is 1.59. The first-order chi connectivity index (χ1) is 7.86. The summed E-state index contributed by atoms with van der Waals surface area (Å²) >= 11 is 4.22. The van der Waals surface area contributed by atoms with Gasteiger partial charge in [0.05, 0.1) is 6.61 Å². The third-order valence-corrected chi connectivity index (χ3v) is 2.99. The average Bonchev–Trinajstić information content (AvgIpc) is 2.34. The van der Waals surface area contributed by atoms with E-state index in [0.717, 1.165) is 24.5 Å². The number of hydrogen-bond donors (Lipinski definition) is 1. The first-order valence-corrected chi connectivity index (χ1v) is 6.82. The molecule has 0 aliphatic heterocycles. The zero-order valence-electron chi connectivity index (χ0n) is 10.1. The Labute approximate surface area is 105 Å². The normalized spacial score (nSPS) is 10.4. The van der Waals surface area contributed by atoms with Crippen molar-refractivity contribution in [2.45, 2.75) is 44.8 Å². The third kappa shape index (κ3) is 5.45. The van der Waals surface area contributed by atoms with E-state index in [-0.39, 0.29) is 0 Å². The fourth-order valence-corrected chi connectivity index (χ4v) is 1.80. The molecule has 1 nitrogen and oxygen atoms in total. The summed E-state index contributed by atoms with van der Waals surface area (Å²) in [5.74, 6) is 1.76. The molecule has 0 radical (unpaired) electrons. The Kier molecular flexibility index (Phi) is 7.15. The highest BCUT2D eigenvalue weighted by Crippen LogP contribution is 2.14. The highest BCUT2D eigenvalue weighted by molar-refractivity contribution is 7.79. The SMILES string of the molecule is CCCCCCCOc1ccc(CS)cc1. The van der Waals surface area contributed by atoms with Gasteiger partial charge in [0, 0.05) is 5.75 Å². The summed E-state index contributed by atoms with van der Waals surface area (Å²) in [6.45, 7) is 3.07. The monoisotopic (exact) mass is 238 g/mol. The molecule has 90 valence electrons. The van der Waals surface area contributed by atoms with Gasteiger partial charge in [0.1, 0.15) is 5.75 Å². The molecule has 0 saturated carbocycles. The molecule has 1 aromatic rings. The van der Waals surface area contributed by atoms with Crippen LogP contribution in [0.1, 0.15) is 44.6 Å². The van der Waals surface area contributed by atoms with Crippen molar-refractivity contribution in [3.8, 4) is 5.75 Å². The van der Waals surface area contributed by atoms with Crippen molar-refractivity contribution >= 4 is 12.6 Å². The van der Waals surface area contributed by atoms with Gasteiger partial charge in [0.2, 0.25) is 0 Å². The lowest BCUT2D eigenvalue weighted by molar-refractivity contribution is 0.304. The van der Waals surface area contributed by atoms with Gasteiger partial charge in [-0.15, -0.1) is 0 Å². The predicted octanol–water partition coefficient (Wildman–Crippen LogP) is 4.47. The van der Waals surface area contributed by atoms with E-state index in [0.29, 0.717) is 0 Å². The summed E-state index contributed by atoms with van der Waals surface area (Å²) in [5.41, 5.74) is 1.23. The lowest BCUT2D eigenvalue weighted by Crippen LogP contribution is -1.97. The Morgan fingerprint density at radius 1 is 1.00 bits per heavy atom. The second-order valence-corrected chi connectivity index (χ2v) is 4.38. The topological polar surface area (TPSA) is 9.23 Å². The molecule has 0 unspecified atom stereocenters. The quantitative estimate of drug-likeness (QED) is 0.519. The highest BCUT2D eigenvalue weighted by atomic mass is 32.1. The smallest absolute Gasteiger partial charge is 0.119 e. The van der Waals surface area contributed by atoms with E-state index in [1.54, 1.807) is 0 Å². The zero-order valence-corrected chi connectivity index (χ0v) is 11.0. The number of benzene rings is 1. The second kappa shape index (κ2) is 8.51. The molecule has 0 aliphatic carbocycles. The van der Waals surface area contributed by atoms with Gasteiger partial charge in [-0.25, -0.2) is 0 Å². The molecule has 0 bridgehead atoms. The van der Waals surface area contributed by atoms with Crippen LogP contribution in [0, 0.1) is 0 Å². The van der Waals surface area contributed by atoms with Gasteiger partial charge in [-0.2, -0.15) is 12.6 Å². The zero-order chi connectivity index (χ0) is 11.6. The first-order valence-electron chi connectivity index (χ1n) is 6.19. The molecule has 0 saturated heterocycles. The lowest BCUT2D eigenvalue weighted by atomic mass is 10.2. The van der Waals surface area contributed by atoms with E-state index in [2.05, 4.69) is 31.7 Å².